The van der Waals surface area contributed by atoms with Gasteiger partial charge in [-0.2, -0.15) is 8.42 Å². The summed E-state index contributed by atoms with van der Waals surface area (Å²) in [5.41, 5.74) is 0. The molecule has 2 N–H and O–H groups in total. The van der Waals surface area contributed by atoms with Gasteiger partial charge < -0.3 is 4.74 Å². The van der Waals surface area contributed by atoms with Crippen molar-refractivity contribution in [1.29, 1.82) is 5.26 Å². The first-order chi connectivity index (χ1) is 5.55. The number of aromatic nitrogens is 2. The lowest BCUT2D eigenvalue weighted by Crippen LogP contribution is -1.98. The molecule has 0 saturated carbocycles. The Labute approximate surface area is 67.3 Å². The molecule has 0 bridgehead atoms. The fourth-order valence-corrected chi connectivity index (χ4v) is 1.08. The van der Waals surface area contributed by atoms with Gasteiger partial charge in [0.1, 0.15) is 0 Å². The lowest BCUT2D eigenvalue weighted by Gasteiger charge is -1.91. The monoisotopic (exact) mass is 189 g/mol. The highest BCUT2D eigenvalue weighted by molar-refractivity contribution is 7.86. The van der Waals surface area contributed by atoms with E-state index in [1.807, 2.05) is 0 Å². The summed E-state index contributed by atoms with van der Waals surface area (Å²) in [7, 11) is -4.38. The van der Waals surface area contributed by atoms with Gasteiger partial charge in [-0.15, -0.1) is 10.4 Å². The zero-order valence-corrected chi connectivity index (χ0v) is 6.37. The van der Waals surface area contributed by atoms with Crippen molar-refractivity contribution in [3.8, 4) is 12.1 Å². The number of rotatable bonds is 2. The first-order valence-corrected chi connectivity index (χ1v) is 4.07. The lowest BCUT2D eigenvalue weighted by molar-refractivity contribution is 0.452. The molecule has 8 heteroatoms. The maximum absolute atomic E-state index is 10.5. The highest BCUT2D eigenvalue weighted by Crippen LogP contribution is 2.18. The second-order valence-corrected chi connectivity index (χ2v) is 3.11. The third-order valence-corrected chi connectivity index (χ3v) is 1.84. The van der Waals surface area contributed by atoms with E-state index in [1.54, 1.807) is 0 Å². The van der Waals surface area contributed by atoms with E-state index < -0.39 is 20.9 Å². The van der Waals surface area contributed by atoms with Crippen LogP contribution in [0.2, 0.25) is 0 Å². The molecule has 0 amide bonds. The van der Waals surface area contributed by atoms with Crippen LogP contribution in [0, 0.1) is 11.5 Å². The van der Waals surface area contributed by atoms with Gasteiger partial charge in [0.15, 0.2) is 4.90 Å². The van der Waals surface area contributed by atoms with Crippen LogP contribution in [0.25, 0.3) is 0 Å². The number of H-pyrrole nitrogens is 1. The fourth-order valence-electron chi connectivity index (χ4n) is 0.568. The van der Waals surface area contributed by atoms with Gasteiger partial charge in [-0.3, -0.25) is 9.65 Å². The van der Waals surface area contributed by atoms with Crippen LogP contribution in [0.3, 0.4) is 0 Å². The number of hydrogen-bond donors (Lipinski definition) is 2. The van der Waals surface area contributed by atoms with E-state index in [2.05, 4.69) is 14.9 Å². The van der Waals surface area contributed by atoms with Gasteiger partial charge in [-0.1, -0.05) is 0 Å². The van der Waals surface area contributed by atoms with Gasteiger partial charge >= 0.3 is 10.1 Å². The molecule has 0 unspecified atom stereocenters. The van der Waals surface area contributed by atoms with Crippen molar-refractivity contribution in [2.24, 2.45) is 0 Å². The van der Waals surface area contributed by atoms with Gasteiger partial charge in [0.05, 0.1) is 0 Å². The number of nitriles is 1. The van der Waals surface area contributed by atoms with Crippen molar-refractivity contribution < 1.29 is 17.7 Å². The zero-order valence-electron chi connectivity index (χ0n) is 5.55. The van der Waals surface area contributed by atoms with Crippen molar-refractivity contribution in [3.05, 3.63) is 6.20 Å². The molecule has 0 radical (unpaired) electrons. The molecule has 1 heterocycles. The Morgan fingerprint density at radius 2 is 2.42 bits per heavy atom. The predicted octanol–water partition coefficient (Wildman–Crippen LogP) is -0.484. The first-order valence-electron chi connectivity index (χ1n) is 2.63. The van der Waals surface area contributed by atoms with Gasteiger partial charge in [0.2, 0.25) is 0 Å². The van der Waals surface area contributed by atoms with Gasteiger partial charge in [-0.25, -0.2) is 0 Å². The molecule has 0 aromatic carbocycles. The Hall–Kier alpha value is -1.59. The lowest BCUT2D eigenvalue weighted by atomic mass is 10.7. The van der Waals surface area contributed by atoms with Crippen molar-refractivity contribution in [3.63, 3.8) is 0 Å². The molecule has 0 saturated heterocycles. The molecule has 1 aromatic heterocycles. The van der Waals surface area contributed by atoms with Crippen LogP contribution >= 0.6 is 0 Å². The standard InChI is InChI=1S/C4H3N3O4S/c5-2-11-4-3(1-6-7-4)12(8,9)10/h1H,(H,6,7)(H,8,9,10). The average molecular weight is 189 g/mol. The van der Waals surface area contributed by atoms with Gasteiger partial charge in [-0.05, 0) is 0 Å². The van der Waals surface area contributed by atoms with E-state index in [0.717, 1.165) is 6.20 Å². The van der Waals surface area contributed by atoms with E-state index in [0.29, 0.717) is 0 Å². The maximum atomic E-state index is 10.5. The third kappa shape index (κ3) is 1.52. The number of aromatic amines is 1. The number of nitrogens with zero attached hydrogens (tertiary/aromatic N) is 2. The predicted molar refractivity (Wildman–Crippen MR) is 34.6 cm³/mol. The normalized spacial score (nSPS) is 10.7. The Kier molecular flexibility index (Phi) is 1.99. The second kappa shape index (κ2) is 2.80. The van der Waals surface area contributed by atoms with Crippen LogP contribution in [-0.4, -0.2) is 23.2 Å². The largest absolute Gasteiger partial charge is 0.364 e. The Morgan fingerprint density at radius 3 is 2.92 bits per heavy atom. The Bertz CT molecular complexity index is 414. The highest BCUT2D eigenvalue weighted by Gasteiger charge is 2.19. The number of nitrogens with one attached hydrogen (secondary N) is 1. The van der Waals surface area contributed by atoms with E-state index in [1.165, 1.54) is 6.26 Å². The molecule has 0 fully saturated rings. The van der Waals surface area contributed by atoms with Crippen LogP contribution in [0.5, 0.6) is 5.88 Å². The molecule has 0 spiro atoms. The topological polar surface area (TPSA) is 116 Å². The summed E-state index contributed by atoms with van der Waals surface area (Å²) < 4.78 is 33.6. The molecular formula is C4H3N3O4S. The average Bonchev–Trinajstić information content (AvgIpc) is 2.34. The molecule has 0 aliphatic carbocycles. The molecular weight excluding hydrogens is 186 g/mol. The Morgan fingerprint density at radius 1 is 1.75 bits per heavy atom. The number of hydrogen-bond acceptors (Lipinski definition) is 5. The van der Waals surface area contributed by atoms with E-state index in [9.17, 15) is 8.42 Å². The van der Waals surface area contributed by atoms with Crippen molar-refractivity contribution >= 4 is 10.1 Å². The fraction of sp³-hybridized carbons (Fsp3) is 0. The smallest absolute Gasteiger partial charge is 0.301 e. The summed E-state index contributed by atoms with van der Waals surface area (Å²) in [6, 6.07) is 0. The third-order valence-electron chi connectivity index (χ3n) is 0.993. The SMILES string of the molecule is N#COc1n[nH]cc1S(=O)(=O)O. The van der Waals surface area contributed by atoms with Crippen LogP contribution in [0.4, 0.5) is 0 Å². The number of ether oxygens (including phenoxy) is 1. The quantitative estimate of drug-likeness (QED) is 0.479. The summed E-state index contributed by atoms with van der Waals surface area (Å²) in [5, 5.41) is 13.4. The summed E-state index contributed by atoms with van der Waals surface area (Å²) in [6.45, 7) is 0. The van der Waals surface area contributed by atoms with Crippen molar-refractivity contribution in [2.45, 2.75) is 4.90 Å². The molecule has 0 atom stereocenters. The minimum absolute atomic E-state index is 0.472. The molecule has 0 aliphatic heterocycles. The molecule has 64 valence electrons. The maximum Gasteiger partial charge on any atom is 0.301 e. The van der Waals surface area contributed by atoms with Crippen molar-refractivity contribution in [1.82, 2.24) is 10.2 Å². The highest BCUT2D eigenvalue weighted by atomic mass is 32.2. The van der Waals surface area contributed by atoms with Gasteiger partial charge in [0, 0.05) is 6.20 Å². The summed E-state index contributed by atoms with van der Waals surface area (Å²) in [5.74, 6) is -0.472. The minimum atomic E-state index is -4.38. The zero-order chi connectivity index (χ0) is 9.19. The molecule has 12 heavy (non-hydrogen) atoms. The van der Waals surface area contributed by atoms with Crippen LogP contribution < -0.4 is 4.74 Å². The van der Waals surface area contributed by atoms with Crippen LogP contribution in [0.1, 0.15) is 0 Å². The van der Waals surface area contributed by atoms with E-state index in [-0.39, 0.29) is 0 Å². The summed E-state index contributed by atoms with van der Waals surface area (Å²) >= 11 is 0. The molecule has 1 aromatic rings. The second-order valence-electron chi connectivity index (χ2n) is 1.72. The van der Waals surface area contributed by atoms with E-state index >= 15 is 0 Å². The first kappa shape index (κ1) is 8.51. The Balaban J connectivity index is 3.19. The molecule has 0 aliphatic rings. The molecule has 1 rings (SSSR count). The van der Waals surface area contributed by atoms with Gasteiger partial charge in [0.25, 0.3) is 12.1 Å². The van der Waals surface area contributed by atoms with E-state index in [4.69, 9.17) is 9.81 Å². The van der Waals surface area contributed by atoms with Crippen molar-refractivity contribution in [2.75, 3.05) is 0 Å². The summed E-state index contributed by atoms with van der Waals surface area (Å²) in [4.78, 5) is -0.566. The van der Waals surface area contributed by atoms with Crippen LogP contribution in [0.15, 0.2) is 11.1 Å². The van der Waals surface area contributed by atoms with Crippen LogP contribution in [-0.2, 0) is 10.1 Å². The summed E-state index contributed by atoms with van der Waals surface area (Å²) in [6.07, 6.45) is 2.13. The molecule has 7 nitrogen and oxygen atoms in total. The minimum Gasteiger partial charge on any atom is -0.364 e.